The van der Waals surface area contributed by atoms with E-state index < -0.39 is 9.84 Å². The topological polar surface area (TPSA) is 63.4 Å². The van der Waals surface area contributed by atoms with E-state index in [2.05, 4.69) is 11.8 Å². The van der Waals surface area contributed by atoms with E-state index in [0.717, 1.165) is 6.54 Å². The zero-order chi connectivity index (χ0) is 11.1. The maximum absolute atomic E-state index is 11.5. The van der Waals surface area contributed by atoms with Crippen molar-refractivity contribution in [3.05, 3.63) is 0 Å². The molecule has 4 nitrogen and oxygen atoms in total. The average Bonchev–Trinajstić information content (AvgIpc) is 2.40. The van der Waals surface area contributed by atoms with E-state index in [1.54, 1.807) is 0 Å². The molecule has 15 heavy (non-hydrogen) atoms. The summed E-state index contributed by atoms with van der Waals surface area (Å²) in [5.41, 5.74) is 5.93. The summed E-state index contributed by atoms with van der Waals surface area (Å²) in [4.78, 5) is 2.30. The van der Waals surface area contributed by atoms with E-state index in [1.807, 2.05) is 0 Å². The Kier molecular flexibility index (Phi) is 3.05. The monoisotopic (exact) mass is 232 g/mol. The molecule has 2 saturated heterocycles. The molecule has 88 valence electrons. The minimum Gasteiger partial charge on any atom is -0.325 e. The lowest BCUT2D eigenvalue weighted by molar-refractivity contribution is 0.109. The lowest BCUT2D eigenvalue weighted by Gasteiger charge is -2.39. The van der Waals surface area contributed by atoms with Crippen LogP contribution in [0.15, 0.2) is 0 Å². The van der Waals surface area contributed by atoms with Crippen LogP contribution in [0.1, 0.15) is 26.2 Å². The Morgan fingerprint density at radius 3 is 2.53 bits per heavy atom. The Bertz CT molecular complexity index is 328. The van der Waals surface area contributed by atoms with E-state index in [1.165, 1.54) is 19.3 Å². The second-order valence-electron chi connectivity index (χ2n) is 4.89. The first-order valence-electron chi connectivity index (χ1n) is 5.71. The van der Waals surface area contributed by atoms with Crippen LogP contribution in [0.2, 0.25) is 0 Å². The Hall–Kier alpha value is -0.130. The number of sulfone groups is 1. The highest BCUT2D eigenvalue weighted by molar-refractivity contribution is 7.91. The minimum atomic E-state index is -2.88. The Morgan fingerprint density at radius 1 is 1.27 bits per heavy atom. The molecule has 0 aliphatic carbocycles. The van der Waals surface area contributed by atoms with Crippen molar-refractivity contribution in [2.75, 3.05) is 18.1 Å². The van der Waals surface area contributed by atoms with Crippen molar-refractivity contribution >= 4 is 9.84 Å². The zero-order valence-electron chi connectivity index (χ0n) is 9.22. The quantitative estimate of drug-likeness (QED) is 0.690. The minimum absolute atomic E-state index is 0.0605. The first kappa shape index (κ1) is 11.4. The van der Waals surface area contributed by atoms with Crippen LogP contribution in [0.25, 0.3) is 0 Å². The van der Waals surface area contributed by atoms with E-state index in [4.69, 9.17) is 5.73 Å². The van der Waals surface area contributed by atoms with Gasteiger partial charge in [-0.25, -0.2) is 8.42 Å². The summed E-state index contributed by atoms with van der Waals surface area (Å²) < 4.78 is 23.0. The number of likely N-dealkylation sites (tertiary alicyclic amines) is 1. The predicted octanol–water partition coefficient (Wildman–Crippen LogP) is -0.0149. The molecular formula is C10H20N2O2S. The molecule has 3 atom stereocenters. The van der Waals surface area contributed by atoms with Crippen LogP contribution in [0.3, 0.4) is 0 Å². The smallest absolute Gasteiger partial charge is 0.153 e. The molecule has 0 bridgehead atoms. The molecule has 2 rings (SSSR count). The summed E-state index contributed by atoms with van der Waals surface area (Å²) in [6.07, 6.45) is 3.60. The van der Waals surface area contributed by atoms with Gasteiger partial charge in [-0.1, -0.05) is 6.42 Å². The van der Waals surface area contributed by atoms with Crippen molar-refractivity contribution in [2.24, 2.45) is 5.73 Å². The van der Waals surface area contributed by atoms with Gasteiger partial charge in [0.1, 0.15) is 0 Å². The number of hydrogen-bond donors (Lipinski definition) is 1. The van der Waals surface area contributed by atoms with Crippen LogP contribution in [0, 0.1) is 0 Å². The van der Waals surface area contributed by atoms with Gasteiger partial charge in [0.05, 0.1) is 11.5 Å². The van der Waals surface area contributed by atoms with Gasteiger partial charge < -0.3 is 5.73 Å². The summed E-state index contributed by atoms with van der Waals surface area (Å²) in [6.45, 7) is 3.19. The fraction of sp³-hybridized carbons (Fsp3) is 1.00. The summed E-state index contributed by atoms with van der Waals surface area (Å²) in [5, 5.41) is 0. The number of piperidine rings is 1. The number of nitrogens with two attached hydrogens (primary N) is 1. The molecule has 2 N–H and O–H groups in total. The van der Waals surface area contributed by atoms with Crippen molar-refractivity contribution in [2.45, 2.75) is 44.3 Å². The van der Waals surface area contributed by atoms with E-state index in [9.17, 15) is 8.42 Å². The van der Waals surface area contributed by atoms with E-state index >= 15 is 0 Å². The molecule has 2 heterocycles. The fourth-order valence-corrected chi connectivity index (χ4v) is 4.71. The maximum Gasteiger partial charge on any atom is 0.153 e. The summed E-state index contributed by atoms with van der Waals surface area (Å²) in [5.74, 6) is 0.430. The molecule has 3 unspecified atom stereocenters. The standard InChI is InChI=1S/C10H20N2O2S/c1-8-4-2-3-5-12(8)10-7-15(13,14)6-9(10)11/h8-10H,2-7,11H2,1H3. The summed E-state index contributed by atoms with van der Waals surface area (Å²) >= 11 is 0. The van der Waals surface area contributed by atoms with E-state index in [0.29, 0.717) is 6.04 Å². The first-order chi connectivity index (χ1) is 6.99. The first-order valence-corrected chi connectivity index (χ1v) is 7.53. The molecule has 2 aliphatic heterocycles. The summed E-state index contributed by atoms with van der Waals surface area (Å²) in [6, 6.07) is 0.365. The molecule has 5 heteroatoms. The fourth-order valence-electron chi connectivity index (χ4n) is 2.81. The van der Waals surface area contributed by atoms with Crippen LogP contribution < -0.4 is 5.73 Å². The molecule has 0 aromatic heterocycles. The maximum atomic E-state index is 11.5. The van der Waals surface area contributed by atoms with Crippen molar-refractivity contribution in [3.8, 4) is 0 Å². The largest absolute Gasteiger partial charge is 0.325 e. The molecule has 0 aromatic rings. The molecule has 2 fully saturated rings. The SMILES string of the molecule is CC1CCCCN1C1CS(=O)(=O)CC1N. The van der Waals surface area contributed by atoms with Crippen molar-refractivity contribution in [1.29, 1.82) is 0 Å². The number of hydrogen-bond acceptors (Lipinski definition) is 4. The van der Waals surface area contributed by atoms with Crippen LogP contribution in [-0.2, 0) is 9.84 Å². The predicted molar refractivity (Wildman–Crippen MR) is 60.4 cm³/mol. The van der Waals surface area contributed by atoms with Gasteiger partial charge >= 0.3 is 0 Å². The second-order valence-corrected chi connectivity index (χ2v) is 7.04. The second kappa shape index (κ2) is 4.03. The third-order valence-corrected chi connectivity index (χ3v) is 5.39. The Balaban J connectivity index is 2.10. The van der Waals surface area contributed by atoms with Crippen molar-refractivity contribution in [3.63, 3.8) is 0 Å². The molecule has 2 aliphatic rings. The van der Waals surface area contributed by atoms with Gasteiger partial charge in [-0.2, -0.15) is 0 Å². The molecule has 0 radical (unpaired) electrons. The van der Waals surface area contributed by atoms with Gasteiger partial charge in [-0.3, -0.25) is 4.90 Å². The number of rotatable bonds is 1. The van der Waals surface area contributed by atoms with Crippen LogP contribution in [0.4, 0.5) is 0 Å². The molecule has 0 amide bonds. The zero-order valence-corrected chi connectivity index (χ0v) is 10.0. The lowest BCUT2D eigenvalue weighted by Crippen LogP contribution is -2.52. The van der Waals surface area contributed by atoms with Crippen LogP contribution in [0.5, 0.6) is 0 Å². The highest BCUT2D eigenvalue weighted by Crippen LogP contribution is 2.25. The number of nitrogens with zero attached hydrogens (tertiary/aromatic N) is 1. The highest BCUT2D eigenvalue weighted by Gasteiger charge is 2.40. The van der Waals surface area contributed by atoms with Crippen LogP contribution in [-0.4, -0.2) is 49.5 Å². The van der Waals surface area contributed by atoms with Crippen LogP contribution >= 0.6 is 0 Å². The molecule has 0 spiro atoms. The van der Waals surface area contributed by atoms with Gasteiger partial charge in [0.2, 0.25) is 0 Å². The molecule has 0 aromatic carbocycles. The third-order valence-electron chi connectivity index (χ3n) is 3.65. The van der Waals surface area contributed by atoms with E-state index in [-0.39, 0.29) is 23.6 Å². The molecular weight excluding hydrogens is 212 g/mol. The lowest BCUT2D eigenvalue weighted by atomic mass is 9.99. The van der Waals surface area contributed by atoms with Gasteiger partial charge in [0, 0.05) is 18.1 Å². The Labute approximate surface area is 91.7 Å². The van der Waals surface area contributed by atoms with Gasteiger partial charge in [0.15, 0.2) is 9.84 Å². The van der Waals surface area contributed by atoms with Crippen molar-refractivity contribution < 1.29 is 8.42 Å². The molecule has 0 saturated carbocycles. The highest BCUT2D eigenvalue weighted by atomic mass is 32.2. The average molecular weight is 232 g/mol. The van der Waals surface area contributed by atoms with Gasteiger partial charge in [0.25, 0.3) is 0 Å². The van der Waals surface area contributed by atoms with Gasteiger partial charge in [-0.05, 0) is 26.3 Å². The summed E-state index contributed by atoms with van der Waals surface area (Å²) in [7, 11) is -2.88. The van der Waals surface area contributed by atoms with Gasteiger partial charge in [-0.15, -0.1) is 0 Å². The Morgan fingerprint density at radius 2 is 2.00 bits per heavy atom. The van der Waals surface area contributed by atoms with Crippen molar-refractivity contribution in [1.82, 2.24) is 4.90 Å². The normalized spacial score (nSPS) is 41.9. The third kappa shape index (κ3) is 2.34.